The van der Waals surface area contributed by atoms with Gasteiger partial charge in [-0.2, -0.15) is 0 Å². The van der Waals surface area contributed by atoms with Gasteiger partial charge in [-0.25, -0.2) is 4.79 Å². The SMILES string of the molecule is Cc1cc(O)cc(C)c1CC(N)C(=O)NC(CCCN=C(N)N)C(=O)NC(CCc1ccccc1)C(=O)O. The molecular formula is C27H38N6O5. The molecule has 11 nitrogen and oxygen atoms in total. The fourth-order valence-corrected chi connectivity index (χ4v) is 4.14. The summed E-state index contributed by atoms with van der Waals surface area (Å²) in [6.07, 6.45) is 1.36. The number of nitrogens with one attached hydrogen (secondary N) is 2. The maximum atomic E-state index is 13.1. The van der Waals surface area contributed by atoms with Crippen molar-refractivity contribution >= 4 is 23.7 Å². The Kier molecular flexibility index (Phi) is 11.5. The monoisotopic (exact) mass is 526 g/mol. The number of hydrogen-bond acceptors (Lipinski definition) is 6. The van der Waals surface area contributed by atoms with Crippen molar-refractivity contribution in [2.45, 2.75) is 64.1 Å². The van der Waals surface area contributed by atoms with Gasteiger partial charge in [0.25, 0.3) is 0 Å². The van der Waals surface area contributed by atoms with Gasteiger partial charge in [-0.3, -0.25) is 14.6 Å². The minimum absolute atomic E-state index is 0.0939. The number of nitrogens with zero attached hydrogens (tertiary/aromatic N) is 1. The average Bonchev–Trinajstić information content (AvgIpc) is 2.85. The van der Waals surface area contributed by atoms with Crippen LogP contribution in [0.1, 0.15) is 41.5 Å². The summed E-state index contributed by atoms with van der Waals surface area (Å²) < 4.78 is 0. The van der Waals surface area contributed by atoms with Gasteiger partial charge in [0.15, 0.2) is 5.96 Å². The minimum Gasteiger partial charge on any atom is -0.508 e. The molecule has 0 aliphatic rings. The molecule has 0 aliphatic carbocycles. The molecule has 0 heterocycles. The van der Waals surface area contributed by atoms with Crippen LogP contribution < -0.4 is 27.8 Å². The molecule has 0 fully saturated rings. The van der Waals surface area contributed by atoms with Crippen LogP contribution in [0.2, 0.25) is 0 Å². The van der Waals surface area contributed by atoms with E-state index < -0.39 is 35.9 Å². The van der Waals surface area contributed by atoms with Gasteiger partial charge >= 0.3 is 5.97 Å². The third kappa shape index (κ3) is 9.74. The van der Waals surface area contributed by atoms with Crippen molar-refractivity contribution in [2.75, 3.05) is 6.54 Å². The molecule has 2 aromatic carbocycles. The maximum Gasteiger partial charge on any atom is 0.326 e. The summed E-state index contributed by atoms with van der Waals surface area (Å²) in [6.45, 7) is 3.86. The molecule has 0 aromatic heterocycles. The van der Waals surface area contributed by atoms with E-state index in [1.165, 1.54) is 0 Å². The van der Waals surface area contributed by atoms with Gasteiger partial charge in [-0.15, -0.1) is 0 Å². The summed E-state index contributed by atoms with van der Waals surface area (Å²) in [5, 5.41) is 24.7. The number of aliphatic imine (C=N–C) groups is 1. The highest BCUT2D eigenvalue weighted by molar-refractivity contribution is 5.91. The Labute approximate surface area is 222 Å². The zero-order valence-electron chi connectivity index (χ0n) is 21.8. The van der Waals surface area contributed by atoms with Gasteiger partial charge in [0.1, 0.15) is 17.8 Å². The van der Waals surface area contributed by atoms with E-state index in [0.717, 1.165) is 22.3 Å². The lowest BCUT2D eigenvalue weighted by Crippen LogP contribution is -2.54. The molecule has 0 bridgehead atoms. The highest BCUT2D eigenvalue weighted by Gasteiger charge is 2.28. The first-order valence-corrected chi connectivity index (χ1v) is 12.5. The fraction of sp³-hybridized carbons (Fsp3) is 0.407. The molecule has 0 aliphatic heterocycles. The van der Waals surface area contributed by atoms with E-state index in [0.29, 0.717) is 12.8 Å². The normalized spacial score (nSPS) is 13.1. The van der Waals surface area contributed by atoms with E-state index in [1.807, 2.05) is 44.2 Å². The van der Waals surface area contributed by atoms with Crippen LogP contribution in [-0.2, 0) is 27.2 Å². The van der Waals surface area contributed by atoms with Crippen molar-refractivity contribution in [1.82, 2.24) is 10.6 Å². The molecular weight excluding hydrogens is 488 g/mol. The Bertz CT molecular complexity index is 1110. The van der Waals surface area contributed by atoms with Crippen LogP contribution in [0.3, 0.4) is 0 Å². The Morgan fingerprint density at radius 3 is 2.13 bits per heavy atom. The molecule has 0 spiro atoms. The van der Waals surface area contributed by atoms with E-state index >= 15 is 0 Å². The Hall–Kier alpha value is -4.12. The molecule has 0 saturated carbocycles. The summed E-state index contributed by atoms with van der Waals surface area (Å²) in [4.78, 5) is 41.8. The number of carboxylic acids is 1. The van der Waals surface area contributed by atoms with Gasteiger partial charge in [-0.1, -0.05) is 30.3 Å². The quantitative estimate of drug-likeness (QED) is 0.105. The number of phenolic OH excluding ortho intramolecular Hbond substituents is 1. The van der Waals surface area contributed by atoms with Gasteiger partial charge in [0.2, 0.25) is 11.8 Å². The molecule has 0 saturated heterocycles. The lowest BCUT2D eigenvalue weighted by molar-refractivity contribution is -0.142. The second-order valence-corrected chi connectivity index (χ2v) is 9.30. The Morgan fingerprint density at radius 1 is 0.947 bits per heavy atom. The molecule has 11 heteroatoms. The van der Waals surface area contributed by atoms with Crippen molar-refractivity contribution in [3.05, 3.63) is 64.7 Å². The second kappa shape index (κ2) is 14.6. The summed E-state index contributed by atoms with van der Waals surface area (Å²) in [5.41, 5.74) is 20.2. The highest BCUT2D eigenvalue weighted by Crippen LogP contribution is 2.22. The van der Waals surface area contributed by atoms with E-state index in [1.54, 1.807) is 12.1 Å². The predicted octanol–water partition coefficient (Wildman–Crippen LogP) is 0.619. The molecule has 3 unspecified atom stereocenters. The number of guanidine groups is 1. The molecule has 38 heavy (non-hydrogen) atoms. The van der Waals surface area contributed by atoms with E-state index in [-0.39, 0.29) is 37.5 Å². The smallest absolute Gasteiger partial charge is 0.326 e. The van der Waals surface area contributed by atoms with Crippen LogP contribution in [0.25, 0.3) is 0 Å². The number of carbonyl (C=O) groups is 3. The molecule has 2 amide bonds. The third-order valence-electron chi connectivity index (χ3n) is 6.20. The maximum absolute atomic E-state index is 13.1. The molecule has 206 valence electrons. The van der Waals surface area contributed by atoms with Crippen molar-refractivity contribution in [3.63, 3.8) is 0 Å². The van der Waals surface area contributed by atoms with E-state index in [4.69, 9.17) is 17.2 Å². The number of phenols is 1. The summed E-state index contributed by atoms with van der Waals surface area (Å²) in [5.74, 6) is -2.33. The Morgan fingerprint density at radius 2 is 1.55 bits per heavy atom. The number of aliphatic carboxylic acids is 1. The number of aryl methyl sites for hydroxylation is 3. The first-order valence-electron chi connectivity index (χ1n) is 12.5. The largest absolute Gasteiger partial charge is 0.508 e. The van der Waals surface area contributed by atoms with Crippen LogP contribution >= 0.6 is 0 Å². The molecule has 2 aromatic rings. The predicted molar refractivity (Wildman–Crippen MR) is 145 cm³/mol. The first-order chi connectivity index (χ1) is 18.0. The van der Waals surface area contributed by atoms with Gasteiger partial charge in [0.05, 0.1) is 6.04 Å². The average molecular weight is 527 g/mol. The second-order valence-electron chi connectivity index (χ2n) is 9.30. The number of nitrogens with two attached hydrogens (primary N) is 3. The van der Waals surface area contributed by atoms with Crippen molar-refractivity contribution < 1.29 is 24.6 Å². The van der Waals surface area contributed by atoms with Gasteiger partial charge in [-0.05, 0) is 80.3 Å². The summed E-state index contributed by atoms with van der Waals surface area (Å²) in [7, 11) is 0. The minimum atomic E-state index is -1.17. The van der Waals surface area contributed by atoms with E-state index in [2.05, 4.69) is 15.6 Å². The number of carboxylic acid groups (broad SMARTS) is 1. The number of rotatable bonds is 14. The van der Waals surface area contributed by atoms with Gasteiger partial charge in [0, 0.05) is 6.54 Å². The van der Waals surface area contributed by atoms with Crippen molar-refractivity contribution in [2.24, 2.45) is 22.2 Å². The standard InChI is InChI=1S/C27H38N6O5/c1-16-13-19(34)14-17(2)20(16)15-21(28)24(35)32-22(9-6-12-31-27(29)30)25(36)33-23(26(37)38)11-10-18-7-4-3-5-8-18/h3-5,7-8,13-14,21-23,34H,6,9-12,15,28H2,1-2H3,(H,32,35)(H,33,36)(H,37,38)(H4,29,30,31). The Balaban J connectivity index is 2.10. The number of hydrogen-bond donors (Lipinski definition) is 7. The van der Waals surface area contributed by atoms with Crippen LogP contribution in [-0.4, -0.2) is 58.6 Å². The van der Waals surface area contributed by atoms with Crippen LogP contribution in [0, 0.1) is 13.8 Å². The van der Waals surface area contributed by atoms with Gasteiger partial charge < -0.3 is 38.0 Å². The topological polar surface area (TPSA) is 206 Å². The van der Waals surface area contributed by atoms with Crippen LogP contribution in [0.15, 0.2) is 47.5 Å². The van der Waals surface area contributed by atoms with Crippen LogP contribution in [0.4, 0.5) is 0 Å². The number of aromatic hydroxyl groups is 1. The highest BCUT2D eigenvalue weighted by atomic mass is 16.4. The van der Waals surface area contributed by atoms with Crippen molar-refractivity contribution in [1.29, 1.82) is 0 Å². The molecule has 2 rings (SSSR count). The number of benzene rings is 2. The molecule has 3 atom stereocenters. The number of amides is 2. The molecule has 10 N–H and O–H groups in total. The first kappa shape index (κ1) is 30.1. The lowest BCUT2D eigenvalue weighted by atomic mass is 9.95. The summed E-state index contributed by atoms with van der Waals surface area (Å²) in [6, 6.07) is 9.37. The zero-order chi connectivity index (χ0) is 28.2. The molecule has 0 radical (unpaired) electrons. The van der Waals surface area contributed by atoms with Crippen molar-refractivity contribution in [3.8, 4) is 5.75 Å². The zero-order valence-corrected chi connectivity index (χ0v) is 21.8. The number of carbonyl (C=O) groups excluding carboxylic acids is 2. The van der Waals surface area contributed by atoms with E-state index in [9.17, 15) is 24.6 Å². The lowest BCUT2D eigenvalue weighted by Gasteiger charge is -2.23. The van der Waals surface area contributed by atoms with Crippen LogP contribution in [0.5, 0.6) is 5.75 Å². The fourth-order valence-electron chi connectivity index (χ4n) is 4.14. The summed E-state index contributed by atoms with van der Waals surface area (Å²) >= 11 is 0. The third-order valence-corrected chi connectivity index (χ3v) is 6.20.